The minimum Gasteiger partial charge on any atom is -0.461 e. The van der Waals surface area contributed by atoms with Gasteiger partial charge in [-0.05, 0) is 174 Å². The van der Waals surface area contributed by atoms with Crippen LogP contribution in [0.4, 0.5) is 0 Å². The number of piperidine rings is 1. The molecule has 1 saturated heterocycles. The zero-order valence-corrected chi connectivity index (χ0v) is 33.9. The van der Waals surface area contributed by atoms with Gasteiger partial charge in [-0.15, -0.1) is 0 Å². The van der Waals surface area contributed by atoms with Gasteiger partial charge in [0.1, 0.15) is 24.7 Å². The van der Waals surface area contributed by atoms with Crippen LogP contribution in [0.1, 0.15) is 47.4 Å². The summed E-state index contributed by atoms with van der Waals surface area (Å²) in [4.78, 5) is 39.4. The third kappa shape index (κ3) is 9.85. The van der Waals surface area contributed by atoms with Crippen LogP contribution in [0.25, 0.3) is 0 Å². The van der Waals surface area contributed by atoms with Gasteiger partial charge in [-0.1, -0.05) is 0 Å². The molecule has 13 heteroatoms. The third-order valence-electron chi connectivity index (χ3n) is 6.38. The van der Waals surface area contributed by atoms with Crippen molar-refractivity contribution in [2.75, 3.05) is 26.3 Å². The maximum absolute atomic E-state index is 13.4. The van der Waals surface area contributed by atoms with E-state index in [0.717, 1.165) is 47.4 Å². The Balaban J connectivity index is 1.77. The van der Waals surface area contributed by atoms with Crippen LogP contribution in [0.15, 0.2) is 24.3 Å². The molecule has 2 aromatic rings. The number of rotatable bonds is 9. The van der Waals surface area contributed by atoms with Crippen LogP contribution in [0.2, 0.25) is 0 Å². The lowest BCUT2D eigenvalue weighted by Gasteiger charge is -2.36. The molecule has 39 heavy (non-hydrogen) atoms. The zero-order chi connectivity index (χ0) is 28.9. The summed E-state index contributed by atoms with van der Waals surface area (Å²) >= 11 is 12.9. The van der Waals surface area contributed by atoms with E-state index in [1.807, 2.05) is 26.0 Å². The summed E-state index contributed by atoms with van der Waals surface area (Å²) < 4.78 is 22.5. The monoisotopic (exact) mass is 1210 g/mol. The molecular weight excluding hydrogens is 1180 g/mol. The van der Waals surface area contributed by atoms with Crippen LogP contribution in [0.5, 0.6) is 0 Å². The second-order valence-electron chi connectivity index (χ2n) is 9.56. The Kier molecular flexibility index (Phi) is 14.0. The van der Waals surface area contributed by atoms with Crippen molar-refractivity contribution in [1.29, 1.82) is 0 Å². The lowest BCUT2D eigenvalue weighted by atomic mass is 9.83. The lowest BCUT2D eigenvalue weighted by Crippen LogP contribution is -2.86. The van der Waals surface area contributed by atoms with Crippen molar-refractivity contribution in [3.8, 4) is 0 Å². The van der Waals surface area contributed by atoms with Crippen molar-refractivity contribution in [3.05, 3.63) is 56.8 Å². The molecule has 0 radical (unpaired) electrons. The summed E-state index contributed by atoms with van der Waals surface area (Å²) in [5, 5.41) is 2.26. The van der Waals surface area contributed by atoms with Crippen LogP contribution in [-0.2, 0) is 19.0 Å². The molecule has 0 aliphatic carbocycles. The fourth-order valence-electron chi connectivity index (χ4n) is 4.15. The van der Waals surface area contributed by atoms with Crippen LogP contribution >= 0.6 is 136 Å². The molecule has 2 N–H and O–H groups in total. The van der Waals surface area contributed by atoms with E-state index in [4.69, 9.17) is 14.2 Å². The van der Waals surface area contributed by atoms with Gasteiger partial charge in [-0.2, -0.15) is 0 Å². The van der Waals surface area contributed by atoms with Crippen LogP contribution in [0.3, 0.4) is 0 Å². The van der Waals surface area contributed by atoms with E-state index in [-0.39, 0.29) is 19.1 Å². The van der Waals surface area contributed by atoms with Crippen molar-refractivity contribution in [3.63, 3.8) is 0 Å². The van der Waals surface area contributed by atoms with Gasteiger partial charge in [0, 0.05) is 40.2 Å². The van der Waals surface area contributed by atoms with Gasteiger partial charge < -0.3 is 19.5 Å². The number of halogens is 6. The second-order valence-corrected chi connectivity index (χ2v) is 16.5. The number of benzene rings is 2. The maximum atomic E-state index is 13.4. The maximum Gasteiger partial charge on any atom is 0.339 e. The van der Waals surface area contributed by atoms with Crippen molar-refractivity contribution in [1.82, 2.24) is 0 Å². The quantitative estimate of drug-likeness (QED) is 0.139. The number of carbonyl (C=O) groups is 3. The Morgan fingerprint density at radius 3 is 1.69 bits per heavy atom. The van der Waals surface area contributed by atoms with Crippen molar-refractivity contribution < 1.29 is 33.9 Å². The molecule has 1 fully saturated rings. The highest BCUT2D eigenvalue weighted by molar-refractivity contribution is 14.1. The highest BCUT2D eigenvalue weighted by atomic mass is 127. The first-order valence-corrected chi connectivity index (χ1v) is 18.4. The molecule has 0 atom stereocenters. The van der Waals surface area contributed by atoms with E-state index in [1.165, 1.54) is 0 Å². The normalized spacial score (nSPS) is 14.3. The van der Waals surface area contributed by atoms with Gasteiger partial charge in [0.15, 0.2) is 0 Å². The molecular formula is C26H26I6NO6+. The second kappa shape index (κ2) is 15.8. The summed E-state index contributed by atoms with van der Waals surface area (Å²) in [5.74, 6) is -2.37. The SMILES string of the molecule is CC(C)(OC(=O)C(COC(=O)c1cc(I)cc(I)c1I)COC(=O)c1cc(I)cc(I)c1I)C1CC[NH2+]CC1. The molecule has 0 aromatic heterocycles. The fourth-order valence-corrected chi connectivity index (χ4v) is 8.90. The van der Waals surface area contributed by atoms with Crippen molar-refractivity contribution in [2.45, 2.75) is 32.3 Å². The van der Waals surface area contributed by atoms with Crippen molar-refractivity contribution in [2.24, 2.45) is 11.8 Å². The molecule has 0 saturated carbocycles. The summed E-state index contributed by atoms with van der Waals surface area (Å²) in [6.07, 6.45) is 1.89. The minimum absolute atomic E-state index is 0.224. The number of quaternary nitrogens is 1. The highest BCUT2D eigenvalue weighted by Gasteiger charge is 2.38. The third-order valence-corrected chi connectivity index (χ3v) is 13.7. The Hall–Kier alpha value is 1.19. The Morgan fingerprint density at radius 2 is 1.26 bits per heavy atom. The Bertz CT molecular complexity index is 1170. The first-order chi connectivity index (χ1) is 18.3. The summed E-state index contributed by atoms with van der Waals surface area (Å²) in [7, 11) is 0. The van der Waals surface area contributed by atoms with E-state index in [1.54, 1.807) is 12.1 Å². The molecule has 0 bridgehead atoms. The zero-order valence-electron chi connectivity index (χ0n) is 21.0. The first kappa shape index (κ1) is 34.7. The summed E-state index contributed by atoms with van der Waals surface area (Å²) in [6, 6.07) is 7.45. The highest BCUT2D eigenvalue weighted by Crippen LogP contribution is 2.30. The molecule has 212 valence electrons. The van der Waals surface area contributed by atoms with Crippen molar-refractivity contribution >= 4 is 153 Å². The summed E-state index contributed by atoms with van der Waals surface area (Å²) in [6.45, 7) is 5.29. The minimum atomic E-state index is -0.966. The fraction of sp³-hybridized carbons (Fsp3) is 0.423. The predicted molar refractivity (Wildman–Crippen MR) is 198 cm³/mol. The average Bonchev–Trinajstić information content (AvgIpc) is 2.88. The molecule has 1 heterocycles. The topological polar surface area (TPSA) is 95.5 Å². The molecule has 0 unspecified atom stereocenters. The smallest absolute Gasteiger partial charge is 0.339 e. The number of hydrogen-bond acceptors (Lipinski definition) is 6. The van der Waals surface area contributed by atoms with Crippen LogP contribution in [0, 0.1) is 33.3 Å². The van der Waals surface area contributed by atoms with E-state index in [2.05, 4.69) is 141 Å². The van der Waals surface area contributed by atoms with E-state index in [0.29, 0.717) is 11.1 Å². The van der Waals surface area contributed by atoms with Crippen LogP contribution in [-0.4, -0.2) is 49.8 Å². The Morgan fingerprint density at radius 1 is 0.821 bits per heavy atom. The van der Waals surface area contributed by atoms with Gasteiger partial charge in [0.2, 0.25) is 0 Å². The number of nitrogens with two attached hydrogens (primary N) is 1. The molecule has 1 aliphatic rings. The van der Waals surface area contributed by atoms with E-state index >= 15 is 0 Å². The number of ether oxygens (including phenoxy) is 3. The van der Waals surface area contributed by atoms with E-state index < -0.39 is 29.4 Å². The van der Waals surface area contributed by atoms with Gasteiger partial charge in [-0.3, -0.25) is 4.79 Å². The summed E-state index contributed by atoms with van der Waals surface area (Å²) in [5.41, 5.74) is 0.162. The molecule has 7 nitrogen and oxygen atoms in total. The standard InChI is InChI=1S/C26H25I6NO6/c1-26(2,14-3-5-33-6-4-14)39-23(34)13(11-37-24(35)17-7-15(27)9-19(29)21(17)31)12-38-25(36)18-8-16(28)10-20(30)22(18)32/h7-10,13-14,33H,3-6,11-12H2,1-2H3/p+1. The van der Waals surface area contributed by atoms with Gasteiger partial charge in [-0.25, -0.2) is 9.59 Å². The number of carbonyl (C=O) groups excluding carboxylic acids is 3. The lowest BCUT2D eigenvalue weighted by molar-refractivity contribution is -0.665. The molecule has 0 spiro atoms. The van der Waals surface area contributed by atoms with Gasteiger partial charge in [0.05, 0.1) is 24.2 Å². The first-order valence-electron chi connectivity index (χ1n) is 12.0. The Labute approximate surface area is 310 Å². The van der Waals surface area contributed by atoms with Crippen LogP contribution < -0.4 is 5.32 Å². The number of esters is 3. The largest absolute Gasteiger partial charge is 0.461 e. The van der Waals surface area contributed by atoms with E-state index in [9.17, 15) is 14.4 Å². The van der Waals surface area contributed by atoms with Gasteiger partial charge >= 0.3 is 17.9 Å². The molecule has 1 aliphatic heterocycles. The predicted octanol–water partition coefficient (Wildman–Crippen LogP) is 6.24. The average molecular weight is 1210 g/mol. The van der Waals surface area contributed by atoms with Gasteiger partial charge in [0.25, 0.3) is 0 Å². The molecule has 2 aromatic carbocycles. The molecule has 3 rings (SSSR count). The number of hydrogen-bond donors (Lipinski definition) is 1. The molecule has 0 amide bonds.